The Hall–Kier alpha value is -3.64. The predicted octanol–water partition coefficient (Wildman–Crippen LogP) is 5.99. The maximum absolute atomic E-state index is 13.3. The van der Waals surface area contributed by atoms with Crippen LogP contribution in [-0.4, -0.2) is 23.1 Å². The molecular weight excluding hydrogens is 431 g/mol. The molecule has 0 bridgehead atoms. The SMILES string of the molecule is COc1ccccc1-c1cc(CN(Cc2ccc(F)cc2)C(=O)c2ccc(Cl)cc2)no1. The molecular formula is C25H20ClFN2O3. The van der Waals surface area contributed by atoms with E-state index in [9.17, 15) is 9.18 Å². The lowest BCUT2D eigenvalue weighted by molar-refractivity contribution is 0.0726. The third-order valence-corrected chi connectivity index (χ3v) is 5.20. The van der Waals surface area contributed by atoms with Crippen LogP contribution in [0.5, 0.6) is 5.75 Å². The molecule has 3 aromatic carbocycles. The third kappa shape index (κ3) is 4.98. The average Bonchev–Trinajstić information content (AvgIpc) is 3.28. The van der Waals surface area contributed by atoms with E-state index in [1.165, 1.54) is 12.1 Å². The van der Waals surface area contributed by atoms with E-state index in [0.29, 0.717) is 27.8 Å². The van der Waals surface area contributed by atoms with Crippen LogP contribution in [0, 0.1) is 5.82 Å². The van der Waals surface area contributed by atoms with Crippen molar-refractivity contribution < 1.29 is 18.4 Å². The van der Waals surface area contributed by atoms with Crippen LogP contribution in [0.2, 0.25) is 5.02 Å². The normalized spacial score (nSPS) is 10.7. The fourth-order valence-electron chi connectivity index (χ4n) is 3.34. The zero-order valence-corrected chi connectivity index (χ0v) is 18.1. The molecule has 32 heavy (non-hydrogen) atoms. The summed E-state index contributed by atoms with van der Waals surface area (Å²) in [4.78, 5) is 14.9. The molecule has 1 heterocycles. The van der Waals surface area contributed by atoms with Crippen LogP contribution < -0.4 is 4.74 Å². The predicted molar refractivity (Wildman–Crippen MR) is 120 cm³/mol. The first-order chi connectivity index (χ1) is 15.5. The number of halogens is 2. The van der Waals surface area contributed by atoms with E-state index in [-0.39, 0.29) is 24.8 Å². The minimum Gasteiger partial charge on any atom is -0.496 e. The molecule has 0 atom stereocenters. The summed E-state index contributed by atoms with van der Waals surface area (Å²) in [5.41, 5.74) is 2.63. The van der Waals surface area contributed by atoms with Crippen molar-refractivity contribution in [3.05, 3.63) is 107 Å². The van der Waals surface area contributed by atoms with Gasteiger partial charge in [-0.05, 0) is 54.1 Å². The molecule has 0 spiro atoms. The molecule has 0 fully saturated rings. The number of nitrogens with zero attached hydrogens (tertiary/aromatic N) is 2. The first-order valence-corrected chi connectivity index (χ1v) is 10.3. The summed E-state index contributed by atoms with van der Waals surface area (Å²) in [7, 11) is 1.59. The molecule has 0 radical (unpaired) electrons. The topological polar surface area (TPSA) is 55.6 Å². The highest BCUT2D eigenvalue weighted by Crippen LogP contribution is 2.30. The minimum absolute atomic E-state index is 0.201. The standard InChI is InChI=1S/C25H20ClFN2O3/c1-31-23-5-3-2-4-22(23)24-14-21(28-32-24)16-29(15-17-6-12-20(27)13-7-17)25(30)18-8-10-19(26)11-9-18/h2-14H,15-16H2,1H3. The Morgan fingerprint density at radius 2 is 1.75 bits per heavy atom. The van der Waals surface area contributed by atoms with Gasteiger partial charge in [0.1, 0.15) is 17.3 Å². The Kier molecular flexibility index (Phi) is 6.52. The van der Waals surface area contributed by atoms with Crippen molar-refractivity contribution in [3.8, 4) is 17.1 Å². The Balaban J connectivity index is 1.61. The number of hydrogen-bond donors (Lipinski definition) is 0. The smallest absolute Gasteiger partial charge is 0.254 e. The van der Waals surface area contributed by atoms with Gasteiger partial charge in [-0.3, -0.25) is 4.79 Å². The van der Waals surface area contributed by atoms with Crippen molar-refractivity contribution in [1.82, 2.24) is 10.1 Å². The molecule has 0 N–H and O–H groups in total. The van der Waals surface area contributed by atoms with Crippen molar-refractivity contribution in [2.75, 3.05) is 7.11 Å². The van der Waals surface area contributed by atoms with Gasteiger partial charge in [0.05, 0.1) is 19.2 Å². The number of amides is 1. The molecule has 1 aromatic heterocycles. The van der Waals surface area contributed by atoms with Gasteiger partial charge in [0.15, 0.2) is 5.76 Å². The molecule has 0 saturated carbocycles. The van der Waals surface area contributed by atoms with Gasteiger partial charge >= 0.3 is 0 Å². The average molecular weight is 451 g/mol. The van der Waals surface area contributed by atoms with E-state index in [0.717, 1.165) is 11.1 Å². The summed E-state index contributed by atoms with van der Waals surface area (Å²) in [5.74, 6) is 0.670. The lowest BCUT2D eigenvalue weighted by Crippen LogP contribution is -2.30. The van der Waals surface area contributed by atoms with E-state index >= 15 is 0 Å². The van der Waals surface area contributed by atoms with E-state index < -0.39 is 0 Å². The fourth-order valence-corrected chi connectivity index (χ4v) is 3.47. The Labute approximate surface area is 190 Å². The van der Waals surface area contributed by atoms with Crippen LogP contribution in [0.25, 0.3) is 11.3 Å². The van der Waals surface area contributed by atoms with Crippen LogP contribution in [0.15, 0.2) is 83.4 Å². The second-order valence-electron chi connectivity index (χ2n) is 7.18. The highest BCUT2D eigenvalue weighted by Gasteiger charge is 2.20. The zero-order chi connectivity index (χ0) is 22.5. The van der Waals surface area contributed by atoms with Crippen molar-refractivity contribution in [2.45, 2.75) is 13.1 Å². The number of ether oxygens (including phenoxy) is 1. The molecule has 5 nitrogen and oxygen atoms in total. The summed E-state index contributed by atoms with van der Waals surface area (Å²) in [5, 5.41) is 4.69. The lowest BCUT2D eigenvalue weighted by Gasteiger charge is -2.22. The van der Waals surface area contributed by atoms with Gasteiger partial charge in [0, 0.05) is 23.2 Å². The minimum atomic E-state index is -0.331. The molecule has 4 aromatic rings. The molecule has 0 aliphatic rings. The number of carbonyl (C=O) groups is 1. The molecule has 4 rings (SSSR count). The van der Waals surface area contributed by atoms with Crippen LogP contribution in [-0.2, 0) is 13.1 Å². The number of hydrogen-bond acceptors (Lipinski definition) is 4. The van der Waals surface area contributed by atoms with E-state index in [1.54, 1.807) is 54.5 Å². The van der Waals surface area contributed by atoms with E-state index in [2.05, 4.69) is 5.16 Å². The number of benzene rings is 3. The second-order valence-corrected chi connectivity index (χ2v) is 7.61. The Morgan fingerprint density at radius 1 is 1.03 bits per heavy atom. The maximum atomic E-state index is 13.3. The summed E-state index contributed by atoms with van der Waals surface area (Å²) in [6.07, 6.45) is 0. The lowest BCUT2D eigenvalue weighted by atomic mass is 10.1. The Bertz CT molecular complexity index is 1210. The van der Waals surface area contributed by atoms with Crippen LogP contribution in [0.3, 0.4) is 0 Å². The highest BCUT2D eigenvalue weighted by atomic mass is 35.5. The quantitative estimate of drug-likeness (QED) is 0.347. The second kappa shape index (κ2) is 9.66. The van der Waals surface area contributed by atoms with Gasteiger partial charge in [-0.2, -0.15) is 0 Å². The van der Waals surface area contributed by atoms with Crippen LogP contribution in [0.4, 0.5) is 4.39 Å². The molecule has 0 aliphatic carbocycles. The van der Waals surface area contributed by atoms with Crippen LogP contribution >= 0.6 is 11.6 Å². The zero-order valence-electron chi connectivity index (χ0n) is 17.3. The largest absolute Gasteiger partial charge is 0.496 e. The van der Waals surface area contributed by atoms with Crippen molar-refractivity contribution in [1.29, 1.82) is 0 Å². The number of carbonyl (C=O) groups excluding carboxylic acids is 1. The first kappa shape index (κ1) is 21.6. The molecule has 0 aliphatic heterocycles. The van der Waals surface area contributed by atoms with Gasteiger partial charge in [0.2, 0.25) is 0 Å². The summed E-state index contributed by atoms with van der Waals surface area (Å²) < 4.78 is 24.2. The van der Waals surface area contributed by atoms with Gasteiger partial charge in [-0.1, -0.05) is 41.0 Å². The summed E-state index contributed by atoms with van der Waals surface area (Å²) >= 11 is 5.96. The summed E-state index contributed by atoms with van der Waals surface area (Å²) in [6.45, 7) is 0.482. The number of para-hydroxylation sites is 1. The number of rotatable bonds is 7. The Morgan fingerprint density at radius 3 is 2.47 bits per heavy atom. The highest BCUT2D eigenvalue weighted by molar-refractivity contribution is 6.30. The van der Waals surface area contributed by atoms with Crippen molar-refractivity contribution >= 4 is 17.5 Å². The third-order valence-electron chi connectivity index (χ3n) is 4.95. The molecule has 1 amide bonds. The molecule has 7 heteroatoms. The summed E-state index contributed by atoms with van der Waals surface area (Å²) in [6, 6.07) is 22.0. The molecule has 0 saturated heterocycles. The number of aromatic nitrogens is 1. The van der Waals surface area contributed by atoms with Crippen molar-refractivity contribution in [2.24, 2.45) is 0 Å². The monoisotopic (exact) mass is 450 g/mol. The van der Waals surface area contributed by atoms with Crippen LogP contribution in [0.1, 0.15) is 21.6 Å². The maximum Gasteiger partial charge on any atom is 0.254 e. The van der Waals surface area contributed by atoms with Gasteiger partial charge in [-0.15, -0.1) is 0 Å². The fraction of sp³-hybridized carbons (Fsp3) is 0.120. The molecule has 0 unspecified atom stereocenters. The van der Waals surface area contributed by atoms with E-state index in [4.69, 9.17) is 20.9 Å². The van der Waals surface area contributed by atoms with Gasteiger partial charge < -0.3 is 14.2 Å². The number of methoxy groups -OCH3 is 1. The van der Waals surface area contributed by atoms with E-state index in [1.807, 2.05) is 24.3 Å². The molecule has 162 valence electrons. The van der Waals surface area contributed by atoms with Gasteiger partial charge in [-0.25, -0.2) is 4.39 Å². The first-order valence-electron chi connectivity index (χ1n) is 9.92. The van der Waals surface area contributed by atoms with Crippen molar-refractivity contribution in [3.63, 3.8) is 0 Å². The van der Waals surface area contributed by atoms with Gasteiger partial charge in [0.25, 0.3) is 5.91 Å².